The molecule has 0 bridgehead atoms. The Kier molecular flexibility index (Phi) is 4.71. The van der Waals surface area contributed by atoms with Crippen LogP contribution in [0.2, 0.25) is 0 Å². The van der Waals surface area contributed by atoms with Crippen molar-refractivity contribution in [1.82, 2.24) is 25.0 Å². The quantitative estimate of drug-likeness (QED) is 0.522. The fourth-order valence-electron chi connectivity index (χ4n) is 2.00. The molecule has 1 N–H and O–H groups in total. The highest BCUT2D eigenvalue weighted by atomic mass is 19.4. The van der Waals surface area contributed by atoms with E-state index < -0.39 is 29.4 Å². The molecule has 0 radical (unpaired) electrons. The Morgan fingerprint density at radius 1 is 1.42 bits per heavy atom. The zero-order valence-corrected chi connectivity index (χ0v) is 13.0. The number of carbonyl (C=O) groups is 1. The Balaban J connectivity index is 2.16. The Bertz CT molecular complexity index is 789. The number of aryl methyl sites for hydroxylation is 3. The van der Waals surface area contributed by atoms with Gasteiger partial charge in [0.25, 0.3) is 5.91 Å². The van der Waals surface area contributed by atoms with Gasteiger partial charge in [-0.1, -0.05) is 0 Å². The summed E-state index contributed by atoms with van der Waals surface area (Å²) < 4.78 is 53.7. The molecule has 0 saturated carbocycles. The zero-order valence-electron chi connectivity index (χ0n) is 13.0. The number of amides is 1. The monoisotopic (exact) mass is 346 g/mol. The van der Waals surface area contributed by atoms with Gasteiger partial charge in [-0.3, -0.25) is 9.48 Å². The van der Waals surface area contributed by atoms with Crippen LogP contribution in [-0.2, 0) is 19.8 Å². The third kappa shape index (κ3) is 3.44. The predicted molar refractivity (Wildman–Crippen MR) is 75.9 cm³/mol. The van der Waals surface area contributed by atoms with Crippen LogP contribution in [0.4, 0.5) is 17.6 Å². The normalized spacial score (nSPS) is 12.1. The van der Waals surface area contributed by atoms with Gasteiger partial charge in [0.15, 0.2) is 5.69 Å². The average Bonchev–Trinajstić information content (AvgIpc) is 3.03. The molecule has 0 unspecified atom stereocenters. The standard InChI is InChI=1S/C13H14F4N6O/c1-4-23-10(13(15,16)17)5-9(21-23)12(24)19-18-6-8-7(2)20-22(3)11(8)14/h5-6H,4H2,1-3H3,(H,19,24)/b18-6-. The lowest BCUT2D eigenvalue weighted by atomic mass is 10.3. The molecule has 2 rings (SSSR count). The van der Waals surface area contributed by atoms with Crippen LogP contribution < -0.4 is 5.43 Å². The van der Waals surface area contributed by atoms with E-state index in [1.165, 1.54) is 14.0 Å². The van der Waals surface area contributed by atoms with Crippen molar-refractivity contribution in [3.63, 3.8) is 0 Å². The summed E-state index contributed by atoms with van der Waals surface area (Å²) in [6.07, 6.45) is -3.60. The van der Waals surface area contributed by atoms with E-state index in [1.807, 2.05) is 5.43 Å². The molecule has 0 aliphatic heterocycles. The van der Waals surface area contributed by atoms with Crippen molar-refractivity contribution in [2.24, 2.45) is 12.1 Å². The van der Waals surface area contributed by atoms with E-state index in [2.05, 4.69) is 15.3 Å². The first-order valence-corrected chi connectivity index (χ1v) is 6.82. The summed E-state index contributed by atoms with van der Waals surface area (Å²) in [5.41, 5.74) is 0.949. The van der Waals surface area contributed by atoms with Crippen molar-refractivity contribution in [3.05, 3.63) is 34.7 Å². The summed E-state index contributed by atoms with van der Waals surface area (Å²) in [6.45, 7) is 2.96. The molecule has 2 aromatic rings. The molecule has 2 aromatic heterocycles. The smallest absolute Gasteiger partial charge is 0.265 e. The van der Waals surface area contributed by atoms with Crippen LogP contribution in [0.5, 0.6) is 0 Å². The SMILES string of the molecule is CCn1nc(C(=O)N/N=C\c2c(C)nn(C)c2F)cc1C(F)(F)F. The van der Waals surface area contributed by atoms with Gasteiger partial charge >= 0.3 is 6.18 Å². The molecule has 130 valence electrons. The van der Waals surface area contributed by atoms with E-state index in [0.717, 1.165) is 10.9 Å². The first-order chi connectivity index (χ1) is 11.1. The molecule has 0 aromatic carbocycles. The van der Waals surface area contributed by atoms with E-state index in [1.54, 1.807) is 6.92 Å². The Morgan fingerprint density at radius 3 is 2.54 bits per heavy atom. The van der Waals surface area contributed by atoms with Gasteiger partial charge in [-0.25, -0.2) is 10.1 Å². The number of nitrogens with zero attached hydrogens (tertiary/aromatic N) is 5. The highest BCUT2D eigenvalue weighted by molar-refractivity contribution is 5.93. The molecule has 0 aliphatic rings. The second-order valence-electron chi connectivity index (χ2n) is 4.84. The fraction of sp³-hybridized carbons (Fsp3) is 0.385. The predicted octanol–water partition coefficient (Wildman–Crippen LogP) is 1.87. The maximum Gasteiger partial charge on any atom is 0.433 e. The number of hydrazone groups is 1. The van der Waals surface area contributed by atoms with Crippen LogP contribution in [-0.4, -0.2) is 31.7 Å². The minimum absolute atomic E-state index is 0.0501. The van der Waals surface area contributed by atoms with Crippen molar-refractivity contribution in [1.29, 1.82) is 0 Å². The molecule has 11 heteroatoms. The molecular formula is C13H14F4N6O. The zero-order chi connectivity index (χ0) is 18.1. The Labute approximate surface area is 133 Å². The number of rotatable bonds is 4. The third-order valence-electron chi connectivity index (χ3n) is 3.16. The van der Waals surface area contributed by atoms with E-state index in [-0.39, 0.29) is 12.1 Å². The molecular weight excluding hydrogens is 332 g/mol. The number of nitrogens with one attached hydrogen (secondary N) is 1. The molecule has 0 atom stereocenters. The minimum Gasteiger partial charge on any atom is -0.265 e. The second kappa shape index (κ2) is 6.42. The molecule has 2 heterocycles. The van der Waals surface area contributed by atoms with E-state index >= 15 is 0 Å². The molecule has 0 aliphatic carbocycles. The number of hydrogen-bond acceptors (Lipinski definition) is 4. The number of halogens is 4. The molecule has 7 nitrogen and oxygen atoms in total. The highest BCUT2D eigenvalue weighted by Crippen LogP contribution is 2.29. The maximum absolute atomic E-state index is 13.7. The van der Waals surface area contributed by atoms with E-state index in [9.17, 15) is 22.4 Å². The van der Waals surface area contributed by atoms with Crippen LogP contribution in [0.15, 0.2) is 11.2 Å². The van der Waals surface area contributed by atoms with Crippen molar-refractivity contribution < 1.29 is 22.4 Å². The van der Waals surface area contributed by atoms with Gasteiger partial charge in [0.2, 0.25) is 5.95 Å². The number of carbonyl (C=O) groups excluding carboxylic acids is 1. The van der Waals surface area contributed by atoms with Gasteiger partial charge < -0.3 is 0 Å². The summed E-state index contributed by atoms with van der Waals surface area (Å²) in [5.74, 6) is -1.59. The summed E-state index contributed by atoms with van der Waals surface area (Å²) in [7, 11) is 1.40. The van der Waals surface area contributed by atoms with Crippen LogP contribution >= 0.6 is 0 Å². The number of aromatic nitrogens is 4. The van der Waals surface area contributed by atoms with Crippen molar-refractivity contribution in [2.75, 3.05) is 0 Å². The number of hydrogen-bond donors (Lipinski definition) is 1. The lowest BCUT2D eigenvalue weighted by Crippen LogP contribution is -2.18. The van der Waals surface area contributed by atoms with Gasteiger partial charge in [0, 0.05) is 19.7 Å². The second-order valence-corrected chi connectivity index (χ2v) is 4.84. The van der Waals surface area contributed by atoms with Gasteiger partial charge in [0.05, 0.1) is 17.5 Å². The topological polar surface area (TPSA) is 77.1 Å². The minimum atomic E-state index is -4.62. The Hall–Kier alpha value is -2.72. The van der Waals surface area contributed by atoms with Crippen LogP contribution in [0.25, 0.3) is 0 Å². The molecule has 24 heavy (non-hydrogen) atoms. The molecule has 0 saturated heterocycles. The van der Waals surface area contributed by atoms with Gasteiger partial charge in [0.1, 0.15) is 5.69 Å². The summed E-state index contributed by atoms with van der Waals surface area (Å²) in [4.78, 5) is 11.8. The summed E-state index contributed by atoms with van der Waals surface area (Å²) in [5, 5.41) is 10.9. The fourth-order valence-corrected chi connectivity index (χ4v) is 2.00. The third-order valence-corrected chi connectivity index (χ3v) is 3.16. The van der Waals surface area contributed by atoms with Crippen molar-refractivity contribution in [2.45, 2.75) is 26.6 Å². The van der Waals surface area contributed by atoms with Crippen molar-refractivity contribution in [3.8, 4) is 0 Å². The van der Waals surface area contributed by atoms with Crippen molar-refractivity contribution >= 4 is 12.1 Å². The highest BCUT2D eigenvalue weighted by Gasteiger charge is 2.36. The van der Waals surface area contributed by atoms with E-state index in [0.29, 0.717) is 16.4 Å². The average molecular weight is 346 g/mol. The molecule has 0 fully saturated rings. The van der Waals surface area contributed by atoms with Gasteiger partial charge in [-0.2, -0.15) is 32.9 Å². The molecule has 1 amide bonds. The van der Waals surface area contributed by atoms with Gasteiger partial charge in [-0.05, 0) is 13.8 Å². The first kappa shape index (κ1) is 17.6. The summed E-state index contributed by atoms with van der Waals surface area (Å²) >= 11 is 0. The van der Waals surface area contributed by atoms with E-state index in [4.69, 9.17) is 0 Å². The first-order valence-electron chi connectivity index (χ1n) is 6.82. The maximum atomic E-state index is 13.7. The molecule has 0 spiro atoms. The van der Waals surface area contributed by atoms with Crippen LogP contribution in [0.3, 0.4) is 0 Å². The number of alkyl halides is 3. The van der Waals surface area contributed by atoms with Gasteiger partial charge in [-0.15, -0.1) is 0 Å². The van der Waals surface area contributed by atoms with Crippen LogP contribution in [0, 0.1) is 12.9 Å². The Morgan fingerprint density at radius 2 is 2.08 bits per heavy atom. The lowest BCUT2D eigenvalue weighted by Gasteiger charge is -2.06. The summed E-state index contributed by atoms with van der Waals surface area (Å²) in [6, 6.07) is 0.629. The lowest BCUT2D eigenvalue weighted by molar-refractivity contribution is -0.144. The largest absolute Gasteiger partial charge is 0.433 e. The van der Waals surface area contributed by atoms with Crippen LogP contribution in [0.1, 0.15) is 34.4 Å².